The van der Waals surface area contributed by atoms with Gasteiger partial charge in [0.25, 0.3) is 0 Å². The monoisotopic (exact) mass is 245 g/mol. The number of benzene rings is 1. The van der Waals surface area contributed by atoms with Gasteiger partial charge in [0.15, 0.2) is 0 Å². The Morgan fingerprint density at radius 2 is 1.61 bits per heavy atom. The molecule has 0 aliphatic carbocycles. The minimum Gasteiger partial charge on any atom is -0.0654 e. The lowest BCUT2D eigenvalue weighted by Gasteiger charge is -2.26. The fourth-order valence-electron chi connectivity index (χ4n) is 2.70. The molecule has 0 aromatic heterocycles. The van der Waals surface area contributed by atoms with E-state index in [9.17, 15) is 0 Å². The molecule has 1 rings (SSSR count). The fourth-order valence-corrected chi connectivity index (χ4v) is 2.70. The summed E-state index contributed by atoms with van der Waals surface area (Å²) in [5.41, 5.74) is 1.53. The van der Waals surface area contributed by atoms with Crippen LogP contribution in [0, 0.1) is 5.92 Å². The first-order valence-corrected chi connectivity index (χ1v) is 7.72. The Morgan fingerprint density at radius 3 is 2.17 bits per heavy atom. The van der Waals surface area contributed by atoms with E-state index in [0.29, 0.717) is 5.92 Å². The van der Waals surface area contributed by atoms with Crippen LogP contribution in [0.3, 0.4) is 0 Å². The summed E-state index contributed by atoms with van der Waals surface area (Å²) < 4.78 is 0. The van der Waals surface area contributed by atoms with Gasteiger partial charge in [-0.1, -0.05) is 76.8 Å². The van der Waals surface area contributed by atoms with Crippen molar-refractivity contribution in [2.45, 2.75) is 71.6 Å². The second-order valence-electron chi connectivity index (χ2n) is 5.22. The topological polar surface area (TPSA) is 0 Å². The molecule has 0 heterocycles. The first-order chi connectivity index (χ1) is 8.83. The van der Waals surface area contributed by atoms with Crippen molar-refractivity contribution in [3.63, 3.8) is 0 Å². The highest BCUT2D eigenvalue weighted by atomic mass is 14.2. The molecule has 0 spiro atoms. The third-order valence-electron chi connectivity index (χ3n) is 3.85. The number of hydrogen-bond donors (Lipinski definition) is 0. The van der Waals surface area contributed by atoms with E-state index >= 15 is 0 Å². The first-order valence-electron chi connectivity index (χ1n) is 7.72. The molecule has 1 unspecified atom stereocenters. The van der Waals surface area contributed by atoms with Gasteiger partial charge in [-0.05, 0) is 36.7 Å². The van der Waals surface area contributed by atoms with E-state index in [4.69, 9.17) is 0 Å². The molecule has 0 fully saturated rings. The highest BCUT2D eigenvalue weighted by Gasteiger charge is 2.21. The molecule has 0 nitrogen and oxygen atoms in total. The second kappa shape index (κ2) is 9.19. The molecule has 0 amide bonds. The Kier molecular flexibility index (Phi) is 7.80. The van der Waals surface area contributed by atoms with Crippen LogP contribution < -0.4 is 0 Å². The zero-order chi connectivity index (χ0) is 13.2. The van der Waals surface area contributed by atoms with Crippen molar-refractivity contribution in [1.82, 2.24) is 0 Å². The van der Waals surface area contributed by atoms with Crippen LogP contribution in [-0.2, 0) is 0 Å². The van der Waals surface area contributed by atoms with E-state index in [1.165, 1.54) is 50.5 Å². The lowest BCUT2D eigenvalue weighted by Crippen LogP contribution is -2.11. The average Bonchev–Trinajstić information content (AvgIpc) is 2.43. The van der Waals surface area contributed by atoms with Gasteiger partial charge in [0, 0.05) is 0 Å². The quantitative estimate of drug-likeness (QED) is 0.490. The number of hydrogen-bond acceptors (Lipinski definition) is 0. The summed E-state index contributed by atoms with van der Waals surface area (Å²) in [7, 11) is 0. The maximum absolute atomic E-state index is 2.33. The minimum absolute atomic E-state index is 0.697. The molecule has 1 radical (unpaired) electrons. The van der Waals surface area contributed by atoms with Crippen molar-refractivity contribution in [2.75, 3.05) is 0 Å². The molecule has 0 aliphatic heterocycles. The van der Waals surface area contributed by atoms with Crippen LogP contribution in [0.4, 0.5) is 0 Å². The maximum Gasteiger partial charge on any atom is -0.00999 e. The average molecular weight is 245 g/mol. The number of unbranched alkanes of at least 4 members (excludes halogenated alkanes) is 2. The molecule has 0 N–H and O–H groups in total. The van der Waals surface area contributed by atoms with Crippen molar-refractivity contribution < 1.29 is 0 Å². The second-order valence-corrected chi connectivity index (χ2v) is 5.22. The van der Waals surface area contributed by atoms with Crippen LogP contribution in [0.15, 0.2) is 30.3 Å². The Balaban J connectivity index is 2.75. The normalized spacial score (nSPS) is 12.9. The van der Waals surface area contributed by atoms with Crippen molar-refractivity contribution in [3.8, 4) is 0 Å². The van der Waals surface area contributed by atoms with Crippen molar-refractivity contribution in [1.29, 1.82) is 0 Å². The van der Waals surface area contributed by atoms with E-state index in [1.807, 2.05) is 0 Å². The predicted molar refractivity (Wildman–Crippen MR) is 81.8 cm³/mol. The Labute approximate surface area is 114 Å². The predicted octanol–water partition coefficient (Wildman–Crippen LogP) is 6.14. The molecule has 1 atom stereocenters. The highest BCUT2D eigenvalue weighted by molar-refractivity contribution is 5.25. The van der Waals surface area contributed by atoms with Gasteiger partial charge in [0.2, 0.25) is 0 Å². The van der Waals surface area contributed by atoms with E-state index in [0.717, 1.165) is 0 Å². The smallest absolute Gasteiger partial charge is 0.00999 e. The third-order valence-corrected chi connectivity index (χ3v) is 3.85. The lowest BCUT2D eigenvalue weighted by molar-refractivity contribution is 0.525. The standard InChI is InChI=1S/C18H29/c1-4-7-12-16(6-3)18(15-8-5-2)17-13-10-9-11-14-17/h9-11,13-14,18H,4-8,12,15H2,1-3H3. The molecule has 1 aromatic carbocycles. The summed E-state index contributed by atoms with van der Waals surface area (Å²) in [6.07, 6.45) is 9.17. The van der Waals surface area contributed by atoms with E-state index < -0.39 is 0 Å². The summed E-state index contributed by atoms with van der Waals surface area (Å²) in [5, 5.41) is 0. The largest absolute Gasteiger partial charge is 0.0654 e. The fraction of sp³-hybridized carbons (Fsp3) is 0.611. The maximum atomic E-state index is 2.33. The van der Waals surface area contributed by atoms with Gasteiger partial charge in [-0.3, -0.25) is 0 Å². The molecule has 0 saturated heterocycles. The molecule has 101 valence electrons. The summed E-state index contributed by atoms with van der Waals surface area (Å²) in [5.74, 6) is 2.46. The van der Waals surface area contributed by atoms with Gasteiger partial charge in [-0.2, -0.15) is 0 Å². The molecule has 18 heavy (non-hydrogen) atoms. The van der Waals surface area contributed by atoms with E-state index in [-0.39, 0.29) is 0 Å². The van der Waals surface area contributed by atoms with Crippen molar-refractivity contribution in [3.05, 3.63) is 41.8 Å². The summed E-state index contributed by atoms with van der Waals surface area (Å²) in [4.78, 5) is 0. The first kappa shape index (κ1) is 15.3. The van der Waals surface area contributed by atoms with Gasteiger partial charge in [-0.15, -0.1) is 0 Å². The summed E-state index contributed by atoms with van der Waals surface area (Å²) in [6.45, 7) is 6.91. The third kappa shape index (κ3) is 4.84. The summed E-state index contributed by atoms with van der Waals surface area (Å²) >= 11 is 0. The SMILES string of the molecule is CCCC[C](CC)C(CCCC)c1ccccc1. The van der Waals surface area contributed by atoms with Gasteiger partial charge in [-0.25, -0.2) is 0 Å². The molecule has 0 bridgehead atoms. The zero-order valence-corrected chi connectivity index (χ0v) is 12.4. The van der Waals surface area contributed by atoms with Crippen molar-refractivity contribution in [2.24, 2.45) is 0 Å². The molecule has 1 aromatic rings. The molecule has 0 aliphatic rings. The molecule has 0 heteroatoms. The van der Waals surface area contributed by atoms with Crippen LogP contribution in [0.2, 0.25) is 0 Å². The van der Waals surface area contributed by atoms with Crippen LogP contribution in [0.5, 0.6) is 0 Å². The van der Waals surface area contributed by atoms with Crippen molar-refractivity contribution >= 4 is 0 Å². The van der Waals surface area contributed by atoms with Gasteiger partial charge >= 0.3 is 0 Å². The van der Waals surface area contributed by atoms with E-state index in [1.54, 1.807) is 5.92 Å². The Hall–Kier alpha value is -0.780. The highest BCUT2D eigenvalue weighted by Crippen LogP contribution is 2.36. The minimum atomic E-state index is 0.697. The van der Waals surface area contributed by atoms with Gasteiger partial charge in [0.05, 0.1) is 0 Å². The molecular weight excluding hydrogens is 216 g/mol. The van der Waals surface area contributed by atoms with Crippen LogP contribution >= 0.6 is 0 Å². The molecular formula is C18H29. The molecule has 0 saturated carbocycles. The van der Waals surface area contributed by atoms with Crippen LogP contribution in [0.1, 0.15) is 77.2 Å². The van der Waals surface area contributed by atoms with Crippen LogP contribution in [0.25, 0.3) is 0 Å². The van der Waals surface area contributed by atoms with Gasteiger partial charge < -0.3 is 0 Å². The zero-order valence-electron chi connectivity index (χ0n) is 12.4. The Bertz CT molecular complexity index is 288. The number of rotatable bonds is 9. The Morgan fingerprint density at radius 1 is 0.944 bits per heavy atom. The lowest BCUT2D eigenvalue weighted by atomic mass is 9.78. The van der Waals surface area contributed by atoms with E-state index in [2.05, 4.69) is 51.1 Å². The summed E-state index contributed by atoms with van der Waals surface area (Å²) in [6, 6.07) is 11.1. The van der Waals surface area contributed by atoms with Gasteiger partial charge in [0.1, 0.15) is 0 Å². The van der Waals surface area contributed by atoms with Crippen LogP contribution in [-0.4, -0.2) is 0 Å².